The number of nitrogens with two attached hydrogens (primary N) is 1. The Hall–Kier alpha value is -2.49. The van der Waals surface area contributed by atoms with Gasteiger partial charge in [0.25, 0.3) is 0 Å². The van der Waals surface area contributed by atoms with Gasteiger partial charge in [-0.25, -0.2) is 0 Å². The van der Waals surface area contributed by atoms with Crippen LogP contribution in [-0.2, 0) is 6.42 Å². The molecule has 0 aliphatic rings. The number of aromatic nitrogens is 2. The normalized spacial score (nSPS) is 10.7. The molecular formula is C15H15N3O. The molecule has 0 aliphatic carbocycles. The molecule has 1 heterocycles. The Bertz CT molecular complexity index is 690. The summed E-state index contributed by atoms with van der Waals surface area (Å²) >= 11 is 0. The van der Waals surface area contributed by atoms with Crippen molar-refractivity contribution in [3.05, 3.63) is 54.2 Å². The predicted molar refractivity (Wildman–Crippen MR) is 76.1 cm³/mol. The van der Waals surface area contributed by atoms with Crippen LogP contribution in [0.4, 0.5) is 5.82 Å². The number of H-pyrrole nitrogens is 1. The van der Waals surface area contributed by atoms with E-state index >= 15 is 0 Å². The number of ether oxygens (including phenoxy) is 1. The highest BCUT2D eigenvalue weighted by atomic mass is 16.5. The van der Waals surface area contributed by atoms with Crippen LogP contribution >= 0.6 is 0 Å². The van der Waals surface area contributed by atoms with Gasteiger partial charge in [-0.1, -0.05) is 30.3 Å². The van der Waals surface area contributed by atoms with Crippen LogP contribution in [-0.4, -0.2) is 16.8 Å². The number of nitrogen functional groups attached to an aromatic ring is 1. The van der Waals surface area contributed by atoms with Crippen LogP contribution in [0.15, 0.2) is 48.5 Å². The van der Waals surface area contributed by atoms with Crippen LogP contribution in [0.3, 0.4) is 0 Å². The third kappa shape index (κ3) is 2.68. The van der Waals surface area contributed by atoms with Gasteiger partial charge in [-0.15, -0.1) is 0 Å². The summed E-state index contributed by atoms with van der Waals surface area (Å²) in [7, 11) is 0. The Morgan fingerprint density at radius 2 is 1.89 bits per heavy atom. The fourth-order valence-corrected chi connectivity index (χ4v) is 2.04. The maximum atomic E-state index is 5.74. The summed E-state index contributed by atoms with van der Waals surface area (Å²) in [6, 6.07) is 16.2. The summed E-state index contributed by atoms with van der Waals surface area (Å²) in [5, 5.41) is 9.15. The maximum absolute atomic E-state index is 5.74. The number of fused-ring (bicyclic) bond motifs is 1. The van der Waals surface area contributed by atoms with E-state index in [1.807, 2.05) is 24.3 Å². The lowest BCUT2D eigenvalue weighted by molar-refractivity contribution is 0.321. The van der Waals surface area contributed by atoms with Crippen LogP contribution in [0, 0.1) is 0 Å². The highest BCUT2D eigenvalue weighted by molar-refractivity contribution is 5.83. The molecule has 3 aromatic rings. The second kappa shape index (κ2) is 5.02. The van der Waals surface area contributed by atoms with Crippen molar-refractivity contribution in [3.8, 4) is 5.75 Å². The van der Waals surface area contributed by atoms with Gasteiger partial charge in [0.05, 0.1) is 6.61 Å². The van der Waals surface area contributed by atoms with Gasteiger partial charge in [0, 0.05) is 18.2 Å². The molecule has 3 rings (SSSR count). The molecule has 0 saturated heterocycles. The van der Waals surface area contributed by atoms with E-state index in [1.165, 1.54) is 10.8 Å². The van der Waals surface area contributed by atoms with Crippen molar-refractivity contribution >= 4 is 16.6 Å². The van der Waals surface area contributed by atoms with E-state index in [0.717, 1.165) is 17.9 Å². The van der Waals surface area contributed by atoms with Gasteiger partial charge in [-0.2, -0.15) is 5.10 Å². The third-order valence-electron chi connectivity index (χ3n) is 3.01. The lowest BCUT2D eigenvalue weighted by Gasteiger charge is -2.06. The molecule has 2 aromatic carbocycles. The molecule has 0 fully saturated rings. The molecule has 1 aromatic heterocycles. The quantitative estimate of drug-likeness (QED) is 0.751. The van der Waals surface area contributed by atoms with E-state index in [-0.39, 0.29) is 0 Å². The van der Waals surface area contributed by atoms with E-state index < -0.39 is 0 Å². The Morgan fingerprint density at radius 1 is 1.05 bits per heavy atom. The van der Waals surface area contributed by atoms with Crippen molar-refractivity contribution in [2.45, 2.75) is 6.42 Å². The van der Waals surface area contributed by atoms with Crippen molar-refractivity contribution in [1.82, 2.24) is 10.2 Å². The number of hydrogen-bond acceptors (Lipinski definition) is 3. The summed E-state index contributed by atoms with van der Waals surface area (Å²) in [5.41, 5.74) is 6.53. The molecule has 3 N–H and O–H groups in total. The number of rotatable bonds is 4. The van der Waals surface area contributed by atoms with Gasteiger partial charge >= 0.3 is 0 Å². The van der Waals surface area contributed by atoms with Crippen molar-refractivity contribution in [3.63, 3.8) is 0 Å². The zero-order valence-electron chi connectivity index (χ0n) is 10.5. The third-order valence-corrected chi connectivity index (χ3v) is 3.01. The number of nitrogens with one attached hydrogen (secondary N) is 1. The van der Waals surface area contributed by atoms with Gasteiger partial charge in [-0.3, -0.25) is 5.10 Å². The zero-order chi connectivity index (χ0) is 13.1. The fraction of sp³-hybridized carbons (Fsp3) is 0.133. The number of hydrogen-bond donors (Lipinski definition) is 2. The minimum Gasteiger partial charge on any atom is -0.493 e. The van der Waals surface area contributed by atoms with Gasteiger partial charge in [0.1, 0.15) is 11.6 Å². The summed E-state index contributed by atoms with van der Waals surface area (Å²) in [6.07, 6.45) is 0.761. The molecule has 96 valence electrons. The van der Waals surface area contributed by atoms with Crippen molar-refractivity contribution < 1.29 is 4.74 Å². The van der Waals surface area contributed by atoms with E-state index in [1.54, 1.807) is 0 Å². The zero-order valence-corrected chi connectivity index (χ0v) is 10.5. The van der Waals surface area contributed by atoms with Crippen LogP contribution in [0.2, 0.25) is 0 Å². The number of benzene rings is 2. The number of nitrogens with zero attached hydrogens (tertiary/aromatic N) is 1. The minimum atomic E-state index is 0.515. The van der Waals surface area contributed by atoms with E-state index in [9.17, 15) is 0 Å². The predicted octanol–water partition coefficient (Wildman–Crippen LogP) is 2.77. The molecule has 0 aliphatic heterocycles. The first-order valence-electron chi connectivity index (χ1n) is 6.22. The largest absolute Gasteiger partial charge is 0.493 e. The number of aromatic amines is 1. The van der Waals surface area contributed by atoms with E-state index in [2.05, 4.69) is 34.5 Å². The van der Waals surface area contributed by atoms with Crippen molar-refractivity contribution in [2.75, 3.05) is 12.3 Å². The first-order chi connectivity index (χ1) is 9.31. The second-order valence-corrected chi connectivity index (χ2v) is 4.43. The van der Waals surface area contributed by atoms with Gasteiger partial charge in [-0.05, 0) is 22.9 Å². The first-order valence-corrected chi connectivity index (χ1v) is 6.22. The van der Waals surface area contributed by atoms with Crippen LogP contribution < -0.4 is 10.5 Å². The molecule has 0 saturated carbocycles. The van der Waals surface area contributed by atoms with Crippen LogP contribution in [0.1, 0.15) is 5.69 Å². The molecule has 0 amide bonds. The maximum Gasteiger partial charge on any atom is 0.145 e. The molecular weight excluding hydrogens is 238 g/mol. The summed E-state index contributed by atoms with van der Waals surface area (Å²) < 4.78 is 5.74. The average Bonchev–Trinajstić information content (AvgIpc) is 2.84. The highest BCUT2D eigenvalue weighted by Crippen LogP contribution is 2.20. The molecule has 0 bridgehead atoms. The second-order valence-electron chi connectivity index (χ2n) is 4.43. The smallest absolute Gasteiger partial charge is 0.145 e. The molecule has 0 unspecified atom stereocenters. The van der Waals surface area contributed by atoms with Crippen molar-refractivity contribution in [2.24, 2.45) is 0 Å². The van der Waals surface area contributed by atoms with Gasteiger partial charge < -0.3 is 10.5 Å². The molecule has 4 nitrogen and oxygen atoms in total. The monoisotopic (exact) mass is 253 g/mol. The summed E-state index contributed by atoms with van der Waals surface area (Å²) in [4.78, 5) is 0. The minimum absolute atomic E-state index is 0.515. The van der Waals surface area contributed by atoms with Crippen LogP contribution in [0.25, 0.3) is 10.8 Å². The van der Waals surface area contributed by atoms with E-state index in [4.69, 9.17) is 10.5 Å². The Balaban J connectivity index is 1.65. The molecule has 4 heteroatoms. The topological polar surface area (TPSA) is 63.9 Å². The van der Waals surface area contributed by atoms with Crippen LogP contribution in [0.5, 0.6) is 5.75 Å². The Kier molecular flexibility index (Phi) is 3.06. The lowest BCUT2D eigenvalue weighted by atomic mass is 10.1. The molecule has 0 spiro atoms. The fourth-order valence-electron chi connectivity index (χ4n) is 2.04. The average molecular weight is 253 g/mol. The van der Waals surface area contributed by atoms with Gasteiger partial charge in [0.15, 0.2) is 0 Å². The Morgan fingerprint density at radius 3 is 2.68 bits per heavy atom. The summed E-state index contributed by atoms with van der Waals surface area (Å²) in [5.74, 6) is 1.40. The molecule has 0 radical (unpaired) electrons. The number of anilines is 1. The standard InChI is InChI=1S/C15H15N3O/c16-15-10-13(17-18-15)7-8-19-14-6-5-11-3-1-2-4-12(11)9-14/h1-6,9-10H,7-8H2,(H3,16,17,18). The molecule has 0 atom stereocenters. The highest BCUT2D eigenvalue weighted by Gasteiger charge is 2.00. The van der Waals surface area contributed by atoms with Crippen molar-refractivity contribution in [1.29, 1.82) is 0 Å². The van der Waals surface area contributed by atoms with E-state index in [0.29, 0.717) is 12.4 Å². The Labute approximate surface area is 111 Å². The summed E-state index contributed by atoms with van der Waals surface area (Å²) in [6.45, 7) is 0.597. The lowest BCUT2D eigenvalue weighted by Crippen LogP contribution is -2.01. The SMILES string of the molecule is Nc1cc(CCOc2ccc3ccccc3c2)[nH]n1. The first kappa shape index (κ1) is 11.6. The van der Waals surface area contributed by atoms with Gasteiger partial charge in [0.2, 0.25) is 0 Å². The molecule has 19 heavy (non-hydrogen) atoms.